The highest BCUT2D eigenvalue weighted by Gasteiger charge is 2.47. The summed E-state index contributed by atoms with van der Waals surface area (Å²) >= 11 is 11.8. The third-order valence-electron chi connectivity index (χ3n) is 4.88. The van der Waals surface area contributed by atoms with Crippen molar-refractivity contribution in [2.24, 2.45) is 0 Å². The van der Waals surface area contributed by atoms with Gasteiger partial charge in [0.2, 0.25) is 5.89 Å². The summed E-state index contributed by atoms with van der Waals surface area (Å²) < 4.78 is 11.1. The van der Waals surface area contributed by atoms with Crippen molar-refractivity contribution in [3.63, 3.8) is 0 Å². The molecule has 1 aromatic heterocycles. The van der Waals surface area contributed by atoms with Crippen molar-refractivity contribution in [1.82, 2.24) is 10.2 Å². The standard InChI is InChI=1S/C20H16Cl2N2O3/c21-15-6-2-13(3-7-15)18-24-23-17(27-18)12-26-19(25)20(10-1-11-20)14-4-8-16(22)9-5-14/h2-9H,1,10-12H2. The molecule has 0 radical (unpaired) electrons. The van der Waals surface area contributed by atoms with Crippen LogP contribution < -0.4 is 0 Å². The maximum atomic E-state index is 12.8. The van der Waals surface area contributed by atoms with E-state index >= 15 is 0 Å². The molecule has 1 heterocycles. The molecule has 1 aliphatic rings. The second kappa shape index (κ2) is 7.33. The molecule has 5 nitrogen and oxygen atoms in total. The van der Waals surface area contributed by atoms with E-state index in [-0.39, 0.29) is 18.5 Å². The van der Waals surface area contributed by atoms with Crippen molar-refractivity contribution in [3.8, 4) is 11.5 Å². The number of esters is 1. The van der Waals surface area contributed by atoms with Gasteiger partial charge in [-0.05, 0) is 54.8 Å². The minimum absolute atomic E-state index is 0.0608. The number of ether oxygens (including phenoxy) is 1. The average molecular weight is 403 g/mol. The Morgan fingerprint density at radius 2 is 1.63 bits per heavy atom. The summed E-state index contributed by atoms with van der Waals surface area (Å²) in [5, 5.41) is 9.21. The maximum absolute atomic E-state index is 12.8. The second-order valence-electron chi connectivity index (χ2n) is 6.53. The maximum Gasteiger partial charge on any atom is 0.317 e. The van der Waals surface area contributed by atoms with Gasteiger partial charge in [0, 0.05) is 15.6 Å². The first-order chi connectivity index (χ1) is 13.1. The fourth-order valence-electron chi connectivity index (χ4n) is 3.20. The lowest BCUT2D eigenvalue weighted by Gasteiger charge is -2.39. The summed E-state index contributed by atoms with van der Waals surface area (Å²) in [7, 11) is 0. The first kappa shape index (κ1) is 18.0. The van der Waals surface area contributed by atoms with Gasteiger partial charge < -0.3 is 9.15 Å². The fraction of sp³-hybridized carbons (Fsp3) is 0.250. The molecule has 0 aliphatic heterocycles. The number of carbonyl (C=O) groups excluding carboxylic acids is 1. The largest absolute Gasteiger partial charge is 0.455 e. The Balaban J connectivity index is 1.44. The number of nitrogens with zero attached hydrogens (tertiary/aromatic N) is 2. The molecular formula is C20H16Cl2N2O3. The van der Waals surface area contributed by atoms with E-state index in [1.165, 1.54) is 0 Å². The van der Waals surface area contributed by atoms with Crippen LogP contribution in [0, 0.1) is 0 Å². The van der Waals surface area contributed by atoms with Crippen molar-refractivity contribution in [3.05, 3.63) is 70.0 Å². The van der Waals surface area contributed by atoms with E-state index in [4.69, 9.17) is 32.4 Å². The number of benzene rings is 2. The van der Waals surface area contributed by atoms with Crippen LogP contribution in [0.4, 0.5) is 0 Å². The molecule has 0 saturated heterocycles. The highest BCUT2D eigenvalue weighted by molar-refractivity contribution is 6.30. The first-order valence-electron chi connectivity index (χ1n) is 8.58. The van der Waals surface area contributed by atoms with Crippen LogP contribution in [0.3, 0.4) is 0 Å². The summed E-state index contributed by atoms with van der Waals surface area (Å²) in [4.78, 5) is 12.8. The van der Waals surface area contributed by atoms with Gasteiger partial charge in [-0.25, -0.2) is 0 Å². The van der Waals surface area contributed by atoms with Gasteiger partial charge in [0.1, 0.15) is 0 Å². The van der Waals surface area contributed by atoms with E-state index < -0.39 is 5.41 Å². The van der Waals surface area contributed by atoms with E-state index in [1.54, 1.807) is 36.4 Å². The van der Waals surface area contributed by atoms with Gasteiger partial charge in [0.05, 0.1) is 5.41 Å². The third-order valence-corrected chi connectivity index (χ3v) is 5.38. The Bertz CT molecular complexity index is 948. The van der Waals surface area contributed by atoms with Crippen molar-refractivity contribution < 1.29 is 13.9 Å². The van der Waals surface area contributed by atoms with Gasteiger partial charge in [-0.2, -0.15) is 0 Å². The zero-order valence-corrected chi connectivity index (χ0v) is 15.8. The SMILES string of the molecule is O=C(OCc1nnc(-c2ccc(Cl)cc2)o1)C1(c2ccc(Cl)cc2)CCC1. The number of hydrogen-bond acceptors (Lipinski definition) is 5. The monoisotopic (exact) mass is 402 g/mol. The lowest BCUT2D eigenvalue weighted by Crippen LogP contribution is -2.43. The number of halogens is 2. The Morgan fingerprint density at radius 1 is 1.00 bits per heavy atom. The molecule has 0 N–H and O–H groups in total. The van der Waals surface area contributed by atoms with Crippen molar-refractivity contribution in [2.75, 3.05) is 0 Å². The molecule has 138 valence electrons. The highest BCUT2D eigenvalue weighted by Crippen LogP contribution is 2.45. The van der Waals surface area contributed by atoms with Crippen molar-refractivity contribution in [1.29, 1.82) is 0 Å². The van der Waals surface area contributed by atoms with E-state index in [0.29, 0.717) is 15.9 Å². The van der Waals surface area contributed by atoms with Gasteiger partial charge in [-0.3, -0.25) is 4.79 Å². The average Bonchev–Trinajstić information content (AvgIpc) is 3.10. The van der Waals surface area contributed by atoms with Gasteiger partial charge >= 0.3 is 5.97 Å². The summed E-state index contributed by atoms with van der Waals surface area (Å²) in [6.45, 7) is -0.0608. The van der Waals surface area contributed by atoms with Gasteiger partial charge in [0.15, 0.2) is 6.61 Å². The quantitative estimate of drug-likeness (QED) is 0.548. The van der Waals surface area contributed by atoms with E-state index in [0.717, 1.165) is 30.4 Å². The molecule has 0 bridgehead atoms. The molecule has 2 aromatic carbocycles. The second-order valence-corrected chi connectivity index (χ2v) is 7.40. The summed E-state index contributed by atoms with van der Waals surface area (Å²) in [6, 6.07) is 14.4. The molecule has 3 aromatic rings. The zero-order valence-electron chi connectivity index (χ0n) is 14.3. The number of carbonyl (C=O) groups is 1. The smallest absolute Gasteiger partial charge is 0.317 e. The van der Waals surface area contributed by atoms with Crippen LogP contribution in [0.25, 0.3) is 11.5 Å². The Hall–Kier alpha value is -2.37. The predicted molar refractivity (Wildman–Crippen MR) is 102 cm³/mol. The molecule has 7 heteroatoms. The van der Waals surface area contributed by atoms with Crippen LogP contribution in [0.15, 0.2) is 52.9 Å². The molecule has 1 fully saturated rings. The molecule has 0 unspecified atom stereocenters. The van der Waals surface area contributed by atoms with Gasteiger partial charge in [-0.1, -0.05) is 41.8 Å². The molecule has 1 aliphatic carbocycles. The third kappa shape index (κ3) is 3.57. The predicted octanol–water partition coefficient (Wildman–Crippen LogP) is 5.21. The van der Waals surface area contributed by atoms with Crippen LogP contribution in [0.2, 0.25) is 10.0 Å². The Morgan fingerprint density at radius 3 is 2.22 bits per heavy atom. The lowest BCUT2D eigenvalue weighted by molar-refractivity contribution is -0.156. The molecule has 4 rings (SSSR count). The van der Waals surface area contributed by atoms with E-state index in [2.05, 4.69) is 10.2 Å². The molecule has 0 amide bonds. The lowest BCUT2D eigenvalue weighted by atomic mass is 9.64. The molecule has 0 atom stereocenters. The Kier molecular flexibility index (Phi) is 4.89. The summed E-state index contributed by atoms with van der Waals surface area (Å²) in [6.07, 6.45) is 2.50. The summed E-state index contributed by atoms with van der Waals surface area (Å²) in [5.41, 5.74) is 1.07. The first-order valence-corrected chi connectivity index (χ1v) is 9.34. The van der Waals surface area contributed by atoms with Crippen molar-refractivity contribution in [2.45, 2.75) is 31.3 Å². The fourth-order valence-corrected chi connectivity index (χ4v) is 3.45. The van der Waals surface area contributed by atoms with Crippen LogP contribution >= 0.6 is 23.2 Å². The van der Waals surface area contributed by atoms with Crippen LogP contribution in [-0.2, 0) is 21.6 Å². The van der Waals surface area contributed by atoms with Crippen LogP contribution in [0.5, 0.6) is 0 Å². The van der Waals surface area contributed by atoms with Gasteiger partial charge in [-0.15, -0.1) is 10.2 Å². The minimum Gasteiger partial charge on any atom is -0.455 e. The Labute approximate surface area is 166 Å². The normalized spacial score (nSPS) is 15.2. The molecular weight excluding hydrogens is 387 g/mol. The van der Waals surface area contributed by atoms with Crippen LogP contribution in [0.1, 0.15) is 30.7 Å². The van der Waals surface area contributed by atoms with Crippen molar-refractivity contribution >= 4 is 29.2 Å². The summed E-state index contributed by atoms with van der Waals surface area (Å²) in [5.74, 6) is 0.329. The number of aromatic nitrogens is 2. The van der Waals surface area contributed by atoms with E-state index in [9.17, 15) is 4.79 Å². The number of rotatable bonds is 5. The minimum atomic E-state index is -0.608. The highest BCUT2D eigenvalue weighted by atomic mass is 35.5. The topological polar surface area (TPSA) is 65.2 Å². The van der Waals surface area contributed by atoms with E-state index in [1.807, 2.05) is 12.1 Å². The molecule has 0 spiro atoms. The molecule has 1 saturated carbocycles. The molecule has 27 heavy (non-hydrogen) atoms. The van der Waals surface area contributed by atoms with Gasteiger partial charge in [0.25, 0.3) is 5.89 Å². The zero-order chi connectivity index (χ0) is 18.9. The van der Waals surface area contributed by atoms with Crippen LogP contribution in [-0.4, -0.2) is 16.2 Å². The number of hydrogen-bond donors (Lipinski definition) is 0.